The van der Waals surface area contributed by atoms with Gasteiger partial charge in [0.25, 0.3) is 0 Å². The van der Waals surface area contributed by atoms with Crippen LogP contribution in [0.4, 0.5) is 0 Å². The molecule has 1 saturated carbocycles. The topological polar surface area (TPSA) is 64.9 Å². The lowest BCUT2D eigenvalue weighted by Gasteiger charge is -2.29. The molecule has 1 fully saturated rings. The van der Waals surface area contributed by atoms with Gasteiger partial charge < -0.3 is 10.3 Å². The van der Waals surface area contributed by atoms with Gasteiger partial charge in [0.2, 0.25) is 5.89 Å². The first kappa shape index (κ1) is 7.73. The molecular formula is C8H13N3O. The first-order valence-corrected chi connectivity index (χ1v) is 4.32. The Balaban J connectivity index is 2.04. The van der Waals surface area contributed by atoms with E-state index in [4.69, 9.17) is 10.3 Å². The van der Waals surface area contributed by atoms with Crippen LogP contribution in [0.1, 0.15) is 37.4 Å². The quantitative estimate of drug-likeness (QED) is 0.714. The van der Waals surface area contributed by atoms with Gasteiger partial charge in [-0.05, 0) is 18.8 Å². The minimum absolute atomic E-state index is 0.367. The van der Waals surface area contributed by atoms with Gasteiger partial charge >= 0.3 is 0 Å². The molecule has 1 aliphatic carbocycles. The molecule has 0 saturated heterocycles. The zero-order valence-corrected chi connectivity index (χ0v) is 7.16. The molecule has 0 amide bonds. The Morgan fingerprint density at radius 1 is 1.58 bits per heavy atom. The van der Waals surface area contributed by atoms with Crippen LogP contribution in [0.3, 0.4) is 0 Å². The van der Waals surface area contributed by atoms with E-state index >= 15 is 0 Å². The maximum atomic E-state index is 5.37. The SMILES string of the molecule is CC1CC(c2nc(CN)no2)C1. The monoisotopic (exact) mass is 167 g/mol. The summed E-state index contributed by atoms with van der Waals surface area (Å²) in [7, 11) is 0. The summed E-state index contributed by atoms with van der Waals surface area (Å²) in [6.45, 7) is 2.60. The predicted molar refractivity (Wildman–Crippen MR) is 43.3 cm³/mol. The molecule has 66 valence electrons. The summed E-state index contributed by atoms with van der Waals surface area (Å²) in [5.74, 6) is 2.69. The molecule has 0 radical (unpaired) electrons. The summed E-state index contributed by atoms with van der Waals surface area (Å²) in [6.07, 6.45) is 2.35. The third kappa shape index (κ3) is 1.22. The Hall–Kier alpha value is -0.900. The Labute approximate surface area is 71.1 Å². The van der Waals surface area contributed by atoms with E-state index < -0.39 is 0 Å². The van der Waals surface area contributed by atoms with Gasteiger partial charge in [0, 0.05) is 5.92 Å². The van der Waals surface area contributed by atoms with Crippen molar-refractivity contribution in [3.8, 4) is 0 Å². The van der Waals surface area contributed by atoms with E-state index in [1.807, 2.05) is 0 Å². The van der Waals surface area contributed by atoms with Crippen LogP contribution in [0.25, 0.3) is 0 Å². The molecule has 1 aromatic heterocycles. The molecule has 4 heteroatoms. The van der Waals surface area contributed by atoms with E-state index in [1.165, 1.54) is 12.8 Å². The Morgan fingerprint density at radius 3 is 2.83 bits per heavy atom. The summed E-state index contributed by atoms with van der Waals surface area (Å²) >= 11 is 0. The number of rotatable bonds is 2. The zero-order chi connectivity index (χ0) is 8.55. The molecule has 0 unspecified atom stereocenters. The van der Waals surface area contributed by atoms with Crippen LogP contribution in [0.15, 0.2) is 4.52 Å². The van der Waals surface area contributed by atoms with Crippen LogP contribution < -0.4 is 5.73 Å². The molecule has 0 aliphatic heterocycles. The highest BCUT2D eigenvalue weighted by Gasteiger charge is 2.31. The van der Waals surface area contributed by atoms with Crippen molar-refractivity contribution < 1.29 is 4.52 Å². The Kier molecular flexibility index (Phi) is 1.84. The smallest absolute Gasteiger partial charge is 0.229 e. The van der Waals surface area contributed by atoms with Crippen LogP contribution in [-0.4, -0.2) is 10.1 Å². The Bertz CT molecular complexity index is 265. The third-order valence-corrected chi connectivity index (χ3v) is 2.39. The number of nitrogens with two attached hydrogens (primary N) is 1. The van der Waals surface area contributed by atoms with E-state index in [2.05, 4.69) is 17.1 Å². The molecule has 0 bridgehead atoms. The minimum atomic E-state index is 0.367. The highest BCUT2D eigenvalue weighted by atomic mass is 16.5. The van der Waals surface area contributed by atoms with Gasteiger partial charge in [0.1, 0.15) is 0 Å². The van der Waals surface area contributed by atoms with Crippen molar-refractivity contribution in [1.29, 1.82) is 0 Å². The van der Waals surface area contributed by atoms with Gasteiger partial charge in [-0.3, -0.25) is 0 Å². The van der Waals surface area contributed by atoms with Crippen LogP contribution >= 0.6 is 0 Å². The van der Waals surface area contributed by atoms with Crippen molar-refractivity contribution >= 4 is 0 Å². The van der Waals surface area contributed by atoms with Crippen LogP contribution in [-0.2, 0) is 6.54 Å². The van der Waals surface area contributed by atoms with Gasteiger partial charge in [0.05, 0.1) is 6.54 Å². The van der Waals surface area contributed by atoms with E-state index in [0.29, 0.717) is 18.3 Å². The van der Waals surface area contributed by atoms with Crippen LogP contribution in [0.2, 0.25) is 0 Å². The molecule has 0 atom stereocenters. The van der Waals surface area contributed by atoms with Gasteiger partial charge in [-0.1, -0.05) is 12.1 Å². The van der Waals surface area contributed by atoms with E-state index in [9.17, 15) is 0 Å². The molecule has 12 heavy (non-hydrogen) atoms. The fraction of sp³-hybridized carbons (Fsp3) is 0.750. The van der Waals surface area contributed by atoms with E-state index in [0.717, 1.165) is 11.8 Å². The first-order valence-electron chi connectivity index (χ1n) is 4.32. The summed E-state index contributed by atoms with van der Waals surface area (Å²) in [5, 5.41) is 3.75. The van der Waals surface area contributed by atoms with Crippen molar-refractivity contribution in [3.63, 3.8) is 0 Å². The molecule has 2 N–H and O–H groups in total. The second-order valence-electron chi connectivity index (χ2n) is 3.53. The standard InChI is InChI=1S/C8H13N3O/c1-5-2-6(3-5)8-10-7(4-9)11-12-8/h5-6H,2-4,9H2,1H3. The van der Waals surface area contributed by atoms with Crippen LogP contribution in [0.5, 0.6) is 0 Å². The maximum absolute atomic E-state index is 5.37. The average Bonchev–Trinajstić information content (AvgIpc) is 2.46. The number of aromatic nitrogens is 2. The molecule has 1 aliphatic rings. The molecule has 1 heterocycles. The fourth-order valence-electron chi connectivity index (χ4n) is 1.62. The second-order valence-corrected chi connectivity index (χ2v) is 3.53. The number of hydrogen-bond donors (Lipinski definition) is 1. The zero-order valence-electron chi connectivity index (χ0n) is 7.16. The Morgan fingerprint density at radius 2 is 2.33 bits per heavy atom. The summed E-state index contributed by atoms with van der Waals surface area (Å²) in [4.78, 5) is 4.18. The van der Waals surface area contributed by atoms with E-state index in [1.54, 1.807) is 0 Å². The van der Waals surface area contributed by atoms with Crippen molar-refractivity contribution in [2.24, 2.45) is 11.7 Å². The normalized spacial score (nSPS) is 28.5. The molecular weight excluding hydrogens is 154 g/mol. The average molecular weight is 167 g/mol. The van der Waals surface area contributed by atoms with Crippen molar-refractivity contribution in [2.45, 2.75) is 32.2 Å². The van der Waals surface area contributed by atoms with E-state index in [-0.39, 0.29) is 0 Å². The van der Waals surface area contributed by atoms with Gasteiger partial charge in [-0.15, -0.1) is 0 Å². The third-order valence-electron chi connectivity index (χ3n) is 2.39. The molecule has 0 aromatic carbocycles. The lowest BCUT2D eigenvalue weighted by Crippen LogP contribution is -2.19. The van der Waals surface area contributed by atoms with Gasteiger partial charge in [-0.25, -0.2) is 0 Å². The highest BCUT2D eigenvalue weighted by molar-refractivity contribution is 4.99. The van der Waals surface area contributed by atoms with Crippen molar-refractivity contribution in [2.75, 3.05) is 0 Å². The molecule has 0 spiro atoms. The second kappa shape index (κ2) is 2.86. The lowest BCUT2D eigenvalue weighted by molar-refractivity contribution is 0.227. The maximum Gasteiger partial charge on any atom is 0.229 e. The van der Waals surface area contributed by atoms with Gasteiger partial charge in [0.15, 0.2) is 5.82 Å². The number of hydrogen-bond acceptors (Lipinski definition) is 4. The summed E-state index contributed by atoms with van der Waals surface area (Å²) in [5.41, 5.74) is 5.37. The summed E-state index contributed by atoms with van der Waals surface area (Å²) in [6, 6.07) is 0. The predicted octanol–water partition coefficient (Wildman–Crippen LogP) is 1.04. The lowest BCUT2D eigenvalue weighted by atomic mass is 9.76. The molecule has 1 aromatic rings. The van der Waals surface area contributed by atoms with Crippen molar-refractivity contribution in [3.05, 3.63) is 11.7 Å². The number of nitrogens with zero attached hydrogens (tertiary/aromatic N) is 2. The fourth-order valence-corrected chi connectivity index (χ4v) is 1.62. The molecule has 2 rings (SSSR count). The summed E-state index contributed by atoms with van der Waals surface area (Å²) < 4.78 is 5.07. The highest BCUT2D eigenvalue weighted by Crippen LogP contribution is 2.40. The van der Waals surface area contributed by atoms with Crippen molar-refractivity contribution in [1.82, 2.24) is 10.1 Å². The minimum Gasteiger partial charge on any atom is -0.339 e. The van der Waals surface area contributed by atoms with Gasteiger partial charge in [-0.2, -0.15) is 4.98 Å². The molecule has 4 nitrogen and oxygen atoms in total. The van der Waals surface area contributed by atoms with Crippen LogP contribution in [0, 0.1) is 5.92 Å². The first-order chi connectivity index (χ1) is 5.79. The largest absolute Gasteiger partial charge is 0.339 e.